The van der Waals surface area contributed by atoms with Gasteiger partial charge in [0.25, 0.3) is 0 Å². The van der Waals surface area contributed by atoms with Gasteiger partial charge in [0.2, 0.25) is 10.0 Å². The van der Waals surface area contributed by atoms with E-state index in [1.165, 1.54) is 11.4 Å². The molecule has 20 heavy (non-hydrogen) atoms. The van der Waals surface area contributed by atoms with E-state index in [0.717, 1.165) is 0 Å². The van der Waals surface area contributed by atoms with E-state index in [2.05, 4.69) is 11.8 Å². The van der Waals surface area contributed by atoms with Crippen LogP contribution in [0.5, 0.6) is 5.75 Å². The van der Waals surface area contributed by atoms with Crippen molar-refractivity contribution >= 4 is 15.7 Å². The van der Waals surface area contributed by atoms with Crippen LogP contribution in [0.15, 0.2) is 18.2 Å². The lowest BCUT2D eigenvalue weighted by atomic mass is 10.2. The number of methoxy groups -OCH3 is 1. The summed E-state index contributed by atoms with van der Waals surface area (Å²) in [4.78, 5) is 0. The highest BCUT2D eigenvalue weighted by molar-refractivity contribution is 7.93. The molecule has 1 aliphatic rings. The van der Waals surface area contributed by atoms with E-state index in [0.29, 0.717) is 36.4 Å². The normalized spacial score (nSPS) is 16.6. The minimum absolute atomic E-state index is 0.0104. The number of sulfonamides is 1. The Balaban J connectivity index is 2.40. The van der Waals surface area contributed by atoms with Gasteiger partial charge >= 0.3 is 0 Å². The fourth-order valence-corrected chi connectivity index (χ4v) is 3.66. The van der Waals surface area contributed by atoms with E-state index in [1.807, 2.05) is 0 Å². The van der Waals surface area contributed by atoms with Gasteiger partial charge in [-0.3, -0.25) is 4.31 Å². The van der Waals surface area contributed by atoms with Gasteiger partial charge in [0.15, 0.2) is 0 Å². The van der Waals surface area contributed by atoms with E-state index < -0.39 is 10.0 Å². The second kappa shape index (κ2) is 6.16. The highest BCUT2D eigenvalue weighted by Crippen LogP contribution is 2.33. The topological polar surface area (TPSA) is 66.8 Å². The molecule has 0 aliphatic carbocycles. The minimum Gasteiger partial charge on any atom is -0.495 e. The molecule has 1 saturated heterocycles. The maximum atomic E-state index is 12.0. The average Bonchev–Trinajstić information content (AvgIpc) is 2.78. The SMILES string of the molecule is COc1ccc(C#CCCO)cc1N1CCCS1(=O)=O. The van der Waals surface area contributed by atoms with E-state index in [9.17, 15) is 8.42 Å². The zero-order chi connectivity index (χ0) is 14.6. The Morgan fingerprint density at radius 2 is 2.25 bits per heavy atom. The summed E-state index contributed by atoms with van der Waals surface area (Å²) in [5, 5.41) is 8.71. The van der Waals surface area contributed by atoms with Crippen molar-refractivity contribution in [3.8, 4) is 17.6 Å². The first-order valence-corrected chi connectivity index (χ1v) is 7.97. The van der Waals surface area contributed by atoms with Crippen LogP contribution < -0.4 is 9.04 Å². The Morgan fingerprint density at radius 1 is 1.45 bits per heavy atom. The molecule has 0 saturated carbocycles. The molecular formula is C14H17NO4S. The van der Waals surface area contributed by atoms with Crippen LogP contribution in [0, 0.1) is 11.8 Å². The van der Waals surface area contributed by atoms with Crippen molar-refractivity contribution in [3.05, 3.63) is 23.8 Å². The first-order chi connectivity index (χ1) is 9.58. The number of aliphatic hydroxyl groups is 1. The molecule has 1 fully saturated rings. The average molecular weight is 295 g/mol. The summed E-state index contributed by atoms with van der Waals surface area (Å²) in [6.45, 7) is 0.475. The van der Waals surface area contributed by atoms with Gasteiger partial charge in [0.05, 0.1) is 25.2 Å². The lowest BCUT2D eigenvalue weighted by Crippen LogP contribution is -2.25. The third-order valence-corrected chi connectivity index (χ3v) is 4.87. The van der Waals surface area contributed by atoms with Gasteiger partial charge in [0.1, 0.15) is 5.75 Å². The smallest absolute Gasteiger partial charge is 0.235 e. The van der Waals surface area contributed by atoms with Crippen LogP contribution in [0.3, 0.4) is 0 Å². The third-order valence-electron chi connectivity index (χ3n) is 3.02. The summed E-state index contributed by atoms with van der Waals surface area (Å²) in [6.07, 6.45) is 1.01. The summed E-state index contributed by atoms with van der Waals surface area (Å²) < 4.78 is 30.6. The third kappa shape index (κ3) is 3.06. The summed E-state index contributed by atoms with van der Waals surface area (Å²) in [5.41, 5.74) is 1.23. The number of benzene rings is 1. The zero-order valence-electron chi connectivity index (χ0n) is 11.3. The molecule has 0 amide bonds. The molecule has 1 N–H and O–H groups in total. The summed E-state index contributed by atoms with van der Waals surface area (Å²) >= 11 is 0. The summed E-state index contributed by atoms with van der Waals surface area (Å²) in [7, 11) is -1.74. The number of ether oxygens (including phenoxy) is 1. The fraction of sp³-hybridized carbons (Fsp3) is 0.429. The van der Waals surface area contributed by atoms with Gasteiger partial charge in [-0.05, 0) is 24.6 Å². The van der Waals surface area contributed by atoms with Crippen molar-refractivity contribution in [1.82, 2.24) is 0 Å². The molecule has 0 spiro atoms. The highest BCUT2D eigenvalue weighted by atomic mass is 32.2. The molecule has 0 aromatic heterocycles. The molecule has 108 valence electrons. The predicted octanol–water partition coefficient (Wildman–Crippen LogP) is 0.969. The van der Waals surface area contributed by atoms with E-state index in [-0.39, 0.29) is 12.4 Å². The number of nitrogens with zero attached hydrogens (tertiary/aromatic N) is 1. The molecule has 1 aromatic carbocycles. The van der Waals surface area contributed by atoms with Crippen LogP contribution >= 0.6 is 0 Å². The molecule has 1 heterocycles. The highest BCUT2D eigenvalue weighted by Gasteiger charge is 2.30. The zero-order valence-corrected chi connectivity index (χ0v) is 12.1. The molecule has 6 heteroatoms. The molecule has 1 aliphatic heterocycles. The van der Waals surface area contributed by atoms with Crippen LogP contribution in [0.1, 0.15) is 18.4 Å². The van der Waals surface area contributed by atoms with Crippen LogP contribution in [-0.2, 0) is 10.0 Å². The number of hydrogen-bond donors (Lipinski definition) is 1. The number of rotatable bonds is 3. The standard InChI is InChI=1S/C14H17NO4S/c1-19-14-7-6-12(5-2-3-9-16)11-13(14)15-8-4-10-20(15,17)18/h6-7,11,16H,3-4,8-10H2,1H3. The van der Waals surface area contributed by atoms with Crippen molar-refractivity contribution in [2.24, 2.45) is 0 Å². The molecule has 2 rings (SSSR count). The maximum absolute atomic E-state index is 12.0. The van der Waals surface area contributed by atoms with E-state index >= 15 is 0 Å². The first-order valence-electron chi connectivity index (χ1n) is 6.36. The summed E-state index contributed by atoms with van der Waals surface area (Å²) in [5.74, 6) is 6.40. The van der Waals surface area contributed by atoms with Gasteiger partial charge < -0.3 is 9.84 Å². The lowest BCUT2D eigenvalue weighted by molar-refractivity contribution is 0.305. The van der Waals surface area contributed by atoms with E-state index in [1.54, 1.807) is 18.2 Å². The second-order valence-electron chi connectivity index (χ2n) is 4.40. The molecule has 0 bridgehead atoms. The van der Waals surface area contributed by atoms with Crippen molar-refractivity contribution < 1.29 is 18.3 Å². The van der Waals surface area contributed by atoms with Crippen molar-refractivity contribution in [3.63, 3.8) is 0 Å². The molecule has 0 atom stereocenters. The Morgan fingerprint density at radius 3 is 2.85 bits per heavy atom. The monoisotopic (exact) mass is 295 g/mol. The Labute approximate surface area is 119 Å². The summed E-state index contributed by atoms with van der Waals surface area (Å²) in [6, 6.07) is 5.20. The number of anilines is 1. The van der Waals surface area contributed by atoms with Crippen LogP contribution in [-0.4, -0.2) is 39.5 Å². The lowest BCUT2D eigenvalue weighted by Gasteiger charge is -2.19. The van der Waals surface area contributed by atoms with Gasteiger partial charge in [-0.25, -0.2) is 8.42 Å². The molecule has 1 aromatic rings. The Hall–Kier alpha value is -1.71. The maximum Gasteiger partial charge on any atom is 0.235 e. The minimum atomic E-state index is -3.25. The Bertz CT molecular complexity index is 643. The van der Waals surface area contributed by atoms with Gasteiger partial charge in [-0.15, -0.1) is 0 Å². The van der Waals surface area contributed by atoms with Gasteiger partial charge in [-0.2, -0.15) is 0 Å². The Kier molecular flexibility index (Phi) is 4.53. The molecule has 0 unspecified atom stereocenters. The van der Waals surface area contributed by atoms with Crippen LogP contribution in [0.25, 0.3) is 0 Å². The van der Waals surface area contributed by atoms with Crippen molar-refractivity contribution in [2.75, 3.05) is 30.3 Å². The molecule has 0 radical (unpaired) electrons. The first kappa shape index (κ1) is 14.7. The molecular weight excluding hydrogens is 278 g/mol. The number of hydrogen-bond acceptors (Lipinski definition) is 4. The van der Waals surface area contributed by atoms with Gasteiger partial charge in [-0.1, -0.05) is 11.8 Å². The largest absolute Gasteiger partial charge is 0.495 e. The molecule has 5 nitrogen and oxygen atoms in total. The van der Waals surface area contributed by atoms with E-state index in [4.69, 9.17) is 9.84 Å². The van der Waals surface area contributed by atoms with Crippen molar-refractivity contribution in [1.29, 1.82) is 0 Å². The van der Waals surface area contributed by atoms with Crippen LogP contribution in [0.4, 0.5) is 5.69 Å². The second-order valence-corrected chi connectivity index (χ2v) is 6.42. The van der Waals surface area contributed by atoms with Crippen LogP contribution in [0.2, 0.25) is 0 Å². The predicted molar refractivity (Wildman–Crippen MR) is 77.3 cm³/mol. The number of aliphatic hydroxyl groups excluding tert-OH is 1. The van der Waals surface area contributed by atoms with Gasteiger partial charge in [0, 0.05) is 18.5 Å². The quantitative estimate of drug-likeness (QED) is 0.844. The van der Waals surface area contributed by atoms with Crippen molar-refractivity contribution in [2.45, 2.75) is 12.8 Å². The fourth-order valence-electron chi connectivity index (χ4n) is 2.09.